The molecule has 0 spiro atoms. The quantitative estimate of drug-likeness (QED) is 0.0523. The Labute approximate surface area is 380 Å². The fourth-order valence-electron chi connectivity index (χ4n) is 3.97. The maximum atomic E-state index is 7.83. The number of hydrogen-bond donors (Lipinski definition) is 0. The molecule has 0 saturated carbocycles. The number of hydrogen-bond acceptors (Lipinski definition) is 10. The molecule has 0 aromatic carbocycles. The average molecular weight is 962 g/mol. The number of unbranched alkanes of at least 4 members (excludes halogenated alkanes) is 8. The van der Waals surface area contributed by atoms with Gasteiger partial charge in [0.1, 0.15) is 0 Å². The van der Waals surface area contributed by atoms with Crippen LogP contribution in [0.4, 0.5) is 0 Å². The average Bonchev–Trinajstić information content (AvgIpc) is 3.09. The summed E-state index contributed by atoms with van der Waals surface area (Å²) in [6, 6.07) is 0. The molecule has 0 N–H and O–H groups in total. The third-order valence-electron chi connectivity index (χ3n) is 7.29. The van der Waals surface area contributed by atoms with Gasteiger partial charge in [-0.15, -0.1) is 0 Å². The fraction of sp³-hybridized carbons (Fsp3) is 0.889. The van der Waals surface area contributed by atoms with Crippen LogP contribution in [-0.4, -0.2) is 93.4 Å². The topological polar surface area (TPSA) is 30.0 Å². The molecule has 5 nitrogen and oxygen atoms in total. The molecule has 302 valence electrons. The van der Waals surface area contributed by atoms with Gasteiger partial charge in [-0.1, -0.05) is 124 Å². The van der Waals surface area contributed by atoms with Crippen molar-refractivity contribution in [2.75, 3.05) is 52.4 Å². The Morgan fingerprint density at radius 3 is 0.490 bits per heavy atom. The molecule has 0 aromatic heterocycles. The number of thiocarbonyl (C=S) groups is 4. The van der Waals surface area contributed by atoms with E-state index in [1.165, 1.54) is 103 Å². The minimum Gasteiger partial charge on any atom is -0.411 e. The van der Waals surface area contributed by atoms with E-state index in [1.54, 1.807) is 0 Å². The first-order valence-corrected chi connectivity index (χ1v) is 22.5. The van der Waals surface area contributed by atoms with Crippen LogP contribution < -0.4 is 0 Å². The molecule has 0 aliphatic carbocycles. The number of nitrogens with zero attached hydrogens (tertiary/aromatic N) is 4. The summed E-state index contributed by atoms with van der Waals surface area (Å²) >= 11 is 42.7. The molecule has 0 saturated heterocycles. The van der Waals surface area contributed by atoms with Gasteiger partial charge < -0.3 is 119 Å². The van der Waals surface area contributed by atoms with Crippen molar-refractivity contribution in [3.8, 4) is 0 Å². The SMILES string of the molecule is CCCCN(CCCC)C(=S)[S-].CCCCN(CCCC)C(=S)[S-].CCCCN(CCCC)C(=S)[S-].CCCCN(CCCC)C(=S)[S-].O=S.[Mo+4]. The van der Waals surface area contributed by atoms with Crippen molar-refractivity contribution in [2.24, 2.45) is 0 Å². The van der Waals surface area contributed by atoms with Crippen molar-refractivity contribution in [2.45, 2.75) is 158 Å². The summed E-state index contributed by atoms with van der Waals surface area (Å²) < 4.78 is 10.4. The molecule has 0 fully saturated rings. The molecule has 0 heterocycles. The summed E-state index contributed by atoms with van der Waals surface area (Å²) in [5, 5.41) is 0. The van der Waals surface area contributed by atoms with E-state index in [1.807, 2.05) is 0 Å². The van der Waals surface area contributed by atoms with Crippen LogP contribution in [0.5, 0.6) is 0 Å². The van der Waals surface area contributed by atoms with E-state index in [0.29, 0.717) is 17.3 Å². The molecule has 15 heteroatoms. The molecular weight excluding hydrogens is 889 g/mol. The minimum atomic E-state index is 0. The van der Waals surface area contributed by atoms with Crippen LogP contribution in [0.3, 0.4) is 0 Å². The normalized spacial score (nSPS) is 9.33. The van der Waals surface area contributed by atoms with Crippen LogP contribution >= 0.6 is 48.9 Å². The molecule has 0 bridgehead atoms. The first-order valence-electron chi connectivity index (χ1n) is 18.9. The zero-order valence-electron chi connectivity index (χ0n) is 33.3. The second-order valence-electron chi connectivity index (χ2n) is 11.8. The van der Waals surface area contributed by atoms with Gasteiger partial charge in [-0.3, -0.25) is 0 Å². The zero-order chi connectivity index (χ0) is 39.6. The van der Waals surface area contributed by atoms with Gasteiger partial charge in [0, 0.05) is 52.4 Å². The molecule has 0 amide bonds. The predicted molar refractivity (Wildman–Crippen MR) is 254 cm³/mol. The van der Waals surface area contributed by atoms with Crippen LogP contribution in [0, 0.1) is 0 Å². The Morgan fingerprint density at radius 2 is 0.431 bits per heavy atom. The summed E-state index contributed by atoms with van der Waals surface area (Å²) in [4.78, 5) is 8.55. The second kappa shape index (κ2) is 53.3. The van der Waals surface area contributed by atoms with Crippen LogP contribution in [-0.2, 0) is 84.1 Å². The van der Waals surface area contributed by atoms with Gasteiger partial charge in [-0.25, -0.2) is 0 Å². The summed E-state index contributed by atoms with van der Waals surface area (Å²) in [5.41, 5.74) is 0. The first-order chi connectivity index (χ1) is 23.9. The van der Waals surface area contributed by atoms with Crippen LogP contribution in [0.2, 0.25) is 0 Å². The molecule has 0 aliphatic rings. The van der Waals surface area contributed by atoms with E-state index in [4.69, 9.17) is 104 Å². The Morgan fingerprint density at radius 1 is 0.333 bits per heavy atom. The molecule has 0 unspecified atom stereocenters. The second-order valence-corrected chi connectivity index (χ2v) is 16.0. The molecule has 51 heavy (non-hydrogen) atoms. The van der Waals surface area contributed by atoms with Gasteiger partial charge in [-0.2, -0.15) is 4.21 Å². The van der Waals surface area contributed by atoms with Crippen molar-refractivity contribution in [1.29, 1.82) is 0 Å². The Kier molecular flexibility index (Phi) is 66.9. The maximum absolute atomic E-state index is 7.83. The predicted octanol–water partition coefficient (Wildman–Crippen LogP) is 10.5. The van der Waals surface area contributed by atoms with Crippen molar-refractivity contribution in [3.63, 3.8) is 0 Å². The van der Waals surface area contributed by atoms with E-state index >= 15 is 0 Å². The maximum Gasteiger partial charge on any atom is 4.00 e. The Hall–Kier alpha value is 1.15. The van der Waals surface area contributed by atoms with Crippen molar-refractivity contribution in [1.82, 2.24) is 19.6 Å². The largest absolute Gasteiger partial charge is 4.00 e. The molecule has 0 aliphatic heterocycles. The van der Waals surface area contributed by atoms with E-state index in [0.717, 1.165) is 52.4 Å². The molecular formula is C36H72MoN4OS9. The van der Waals surface area contributed by atoms with Gasteiger partial charge in [-0.05, 0) is 51.4 Å². The van der Waals surface area contributed by atoms with E-state index in [2.05, 4.69) is 87.5 Å². The van der Waals surface area contributed by atoms with Gasteiger partial charge >= 0.3 is 21.1 Å². The monoisotopic (exact) mass is 962 g/mol. The summed E-state index contributed by atoms with van der Waals surface area (Å²) in [5.74, 6) is 0. The standard InChI is InChI=1S/4C9H19NS2.Mo.OS/c4*1-3-5-7-10(9(11)12)8-6-4-2;;1-2/h4*3-8H2,1-2H3,(H,11,12);;/q;;;;+4;/p-4. The Bertz CT molecular complexity index is 622. The first kappa shape index (κ1) is 64.1. The van der Waals surface area contributed by atoms with Gasteiger partial charge in [0.15, 0.2) is 12.5 Å². The van der Waals surface area contributed by atoms with Gasteiger partial charge in [0.25, 0.3) is 0 Å². The summed E-state index contributed by atoms with van der Waals surface area (Å²) in [6.07, 6.45) is 19.2. The van der Waals surface area contributed by atoms with Crippen molar-refractivity contribution in [3.05, 3.63) is 0 Å². The Balaban J connectivity index is -0.000000129. The van der Waals surface area contributed by atoms with E-state index in [-0.39, 0.29) is 21.1 Å². The third-order valence-corrected chi connectivity index (χ3v) is 9.35. The molecule has 0 aromatic rings. The summed E-state index contributed by atoms with van der Waals surface area (Å²) in [6.45, 7) is 25.8. The van der Waals surface area contributed by atoms with Crippen LogP contribution in [0.25, 0.3) is 0 Å². The zero-order valence-corrected chi connectivity index (χ0v) is 42.6. The molecule has 0 rings (SSSR count). The number of rotatable bonds is 24. The van der Waals surface area contributed by atoms with E-state index < -0.39 is 0 Å². The van der Waals surface area contributed by atoms with Crippen LogP contribution in [0.1, 0.15) is 158 Å². The van der Waals surface area contributed by atoms with Crippen molar-refractivity contribution < 1.29 is 25.3 Å². The van der Waals surface area contributed by atoms with Gasteiger partial charge in [0.2, 0.25) is 0 Å². The van der Waals surface area contributed by atoms with E-state index in [9.17, 15) is 0 Å². The van der Waals surface area contributed by atoms with Crippen LogP contribution in [0.15, 0.2) is 0 Å². The van der Waals surface area contributed by atoms with Gasteiger partial charge in [0.05, 0.1) is 0 Å². The molecule has 0 atom stereocenters. The molecule has 0 radical (unpaired) electrons. The van der Waals surface area contributed by atoms with Crippen molar-refractivity contribution >= 4 is 129 Å². The minimum absolute atomic E-state index is 0. The fourth-order valence-corrected chi connectivity index (χ4v) is 5.43. The third kappa shape index (κ3) is 51.1. The summed E-state index contributed by atoms with van der Waals surface area (Å²) in [7, 11) is 0. The smallest absolute Gasteiger partial charge is 0.411 e.